The number of hydrogen-bond donors (Lipinski definition) is 1. The van der Waals surface area contributed by atoms with Crippen molar-refractivity contribution in [1.29, 1.82) is 5.26 Å². The first kappa shape index (κ1) is 15.9. The van der Waals surface area contributed by atoms with Gasteiger partial charge in [0, 0.05) is 5.39 Å². The van der Waals surface area contributed by atoms with Crippen LogP contribution >= 0.6 is 0 Å². The molecular formula is C20H15N3O3. The highest BCUT2D eigenvalue weighted by atomic mass is 16.3. The number of nitrogens with one attached hydrogen (secondary N) is 1. The molecule has 1 fully saturated rings. The van der Waals surface area contributed by atoms with Crippen LogP contribution in [0.5, 0.6) is 0 Å². The fourth-order valence-corrected chi connectivity index (χ4v) is 3.10. The minimum Gasteiger partial charge on any atom is -0.458 e. The number of nitrogens with zero attached hydrogens (tertiary/aromatic N) is 2. The maximum Gasteiger partial charge on any atom is 0.325 e. The molecule has 26 heavy (non-hydrogen) atoms. The first-order chi connectivity index (χ1) is 12.5. The summed E-state index contributed by atoms with van der Waals surface area (Å²) in [4.78, 5) is 26.6. The van der Waals surface area contributed by atoms with Gasteiger partial charge in [-0.3, -0.25) is 9.69 Å². The second-order valence-electron chi connectivity index (χ2n) is 6.40. The molecular weight excluding hydrogens is 330 g/mol. The van der Waals surface area contributed by atoms with E-state index in [1.807, 2.05) is 30.3 Å². The summed E-state index contributed by atoms with van der Waals surface area (Å²) in [6, 6.07) is 17.6. The molecule has 1 atom stereocenters. The third-order valence-electron chi connectivity index (χ3n) is 4.62. The Kier molecular flexibility index (Phi) is 3.51. The maximum atomic E-state index is 13.0. The molecule has 0 bridgehead atoms. The van der Waals surface area contributed by atoms with Crippen LogP contribution in [0.15, 0.2) is 59.0 Å². The van der Waals surface area contributed by atoms with Gasteiger partial charge in [-0.15, -0.1) is 0 Å². The number of benzene rings is 2. The van der Waals surface area contributed by atoms with Crippen molar-refractivity contribution in [1.82, 2.24) is 10.2 Å². The first-order valence-electron chi connectivity index (χ1n) is 8.13. The van der Waals surface area contributed by atoms with Crippen molar-refractivity contribution in [2.24, 2.45) is 0 Å². The van der Waals surface area contributed by atoms with Crippen LogP contribution in [0.3, 0.4) is 0 Å². The van der Waals surface area contributed by atoms with E-state index in [0.717, 1.165) is 15.8 Å². The van der Waals surface area contributed by atoms with Gasteiger partial charge in [0.25, 0.3) is 5.91 Å². The number of urea groups is 1. The summed E-state index contributed by atoms with van der Waals surface area (Å²) in [6.07, 6.45) is 0. The van der Waals surface area contributed by atoms with Crippen molar-refractivity contribution < 1.29 is 14.0 Å². The standard InChI is InChI=1S/C20H15N3O3/c1-20(17-10-15-4-2-3-5-16(15)26-17)18(24)23(19(25)22-20)12-14-8-6-13(11-21)7-9-14/h2-10H,12H2,1H3,(H,22,25). The Morgan fingerprint density at radius 2 is 1.88 bits per heavy atom. The number of hydrogen-bond acceptors (Lipinski definition) is 4. The van der Waals surface area contributed by atoms with Gasteiger partial charge in [-0.05, 0) is 36.8 Å². The molecule has 0 radical (unpaired) electrons. The zero-order valence-electron chi connectivity index (χ0n) is 14.0. The summed E-state index contributed by atoms with van der Waals surface area (Å²) in [6.45, 7) is 1.77. The molecule has 6 nitrogen and oxygen atoms in total. The van der Waals surface area contributed by atoms with Gasteiger partial charge in [-0.1, -0.05) is 30.3 Å². The molecule has 1 aliphatic heterocycles. The molecule has 0 aliphatic carbocycles. The zero-order chi connectivity index (χ0) is 18.3. The van der Waals surface area contributed by atoms with E-state index in [0.29, 0.717) is 16.9 Å². The van der Waals surface area contributed by atoms with Crippen LogP contribution in [-0.4, -0.2) is 16.8 Å². The van der Waals surface area contributed by atoms with E-state index in [1.165, 1.54) is 0 Å². The SMILES string of the molecule is CC1(c2cc3ccccc3o2)NC(=O)N(Cc2ccc(C#N)cc2)C1=O. The molecule has 128 valence electrons. The lowest BCUT2D eigenvalue weighted by Crippen LogP contribution is -2.40. The smallest absolute Gasteiger partial charge is 0.325 e. The third kappa shape index (κ3) is 2.42. The number of furan rings is 1. The lowest BCUT2D eigenvalue weighted by atomic mass is 9.98. The first-order valence-corrected chi connectivity index (χ1v) is 8.13. The highest BCUT2D eigenvalue weighted by Gasteiger charge is 2.51. The Bertz CT molecular complexity index is 1030. The Morgan fingerprint density at radius 3 is 2.58 bits per heavy atom. The topological polar surface area (TPSA) is 86.3 Å². The normalized spacial score (nSPS) is 19.6. The number of carbonyl (C=O) groups is 2. The predicted octanol–water partition coefficient (Wildman–Crippen LogP) is 3.27. The molecule has 2 aromatic carbocycles. The Morgan fingerprint density at radius 1 is 1.15 bits per heavy atom. The summed E-state index contributed by atoms with van der Waals surface area (Å²) in [7, 11) is 0. The largest absolute Gasteiger partial charge is 0.458 e. The van der Waals surface area contributed by atoms with Crippen LogP contribution in [0, 0.1) is 11.3 Å². The number of amides is 3. The van der Waals surface area contributed by atoms with E-state index in [2.05, 4.69) is 5.32 Å². The van der Waals surface area contributed by atoms with Crippen molar-refractivity contribution in [2.75, 3.05) is 0 Å². The number of carbonyl (C=O) groups excluding carboxylic acids is 2. The third-order valence-corrected chi connectivity index (χ3v) is 4.62. The van der Waals surface area contributed by atoms with Gasteiger partial charge < -0.3 is 9.73 Å². The molecule has 0 saturated carbocycles. The summed E-state index contributed by atoms with van der Waals surface area (Å²) in [5.74, 6) is 0.0327. The van der Waals surface area contributed by atoms with E-state index >= 15 is 0 Å². The van der Waals surface area contributed by atoms with Gasteiger partial charge in [-0.2, -0.15) is 5.26 Å². The minimum atomic E-state index is -1.25. The summed E-state index contributed by atoms with van der Waals surface area (Å²) in [5, 5.41) is 12.5. The lowest BCUT2D eigenvalue weighted by Gasteiger charge is -2.19. The molecule has 6 heteroatoms. The van der Waals surface area contributed by atoms with Crippen molar-refractivity contribution in [2.45, 2.75) is 19.0 Å². The molecule has 1 unspecified atom stereocenters. The van der Waals surface area contributed by atoms with Crippen LogP contribution in [0.25, 0.3) is 11.0 Å². The minimum absolute atomic E-state index is 0.131. The van der Waals surface area contributed by atoms with Crippen LogP contribution in [0.1, 0.15) is 23.8 Å². The van der Waals surface area contributed by atoms with E-state index in [1.54, 1.807) is 37.3 Å². The van der Waals surface area contributed by atoms with Gasteiger partial charge in [0.1, 0.15) is 11.3 Å². The van der Waals surface area contributed by atoms with Crippen LogP contribution in [-0.2, 0) is 16.9 Å². The molecule has 2 heterocycles. The monoisotopic (exact) mass is 345 g/mol. The number of para-hydroxylation sites is 1. The lowest BCUT2D eigenvalue weighted by molar-refractivity contribution is -0.132. The average Bonchev–Trinajstić information content (AvgIpc) is 3.18. The molecule has 1 N–H and O–H groups in total. The fraction of sp³-hybridized carbons (Fsp3) is 0.150. The summed E-state index contributed by atoms with van der Waals surface area (Å²) < 4.78 is 5.80. The van der Waals surface area contributed by atoms with E-state index in [-0.39, 0.29) is 12.5 Å². The summed E-state index contributed by atoms with van der Waals surface area (Å²) >= 11 is 0. The Balaban J connectivity index is 1.64. The molecule has 1 saturated heterocycles. The van der Waals surface area contributed by atoms with Crippen LogP contribution in [0.2, 0.25) is 0 Å². The maximum absolute atomic E-state index is 13.0. The number of fused-ring (bicyclic) bond motifs is 1. The van der Waals surface area contributed by atoms with Crippen molar-refractivity contribution in [3.05, 3.63) is 71.5 Å². The Hall–Kier alpha value is -3.59. The van der Waals surface area contributed by atoms with E-state index in [9.17, 15) is 9.59 Å². The average molecular weight is 345 g/mol. The molecule has 1 aromatic heterocycles. The van der Waals surface area contributed by atoms with Crippen molar-refractivity contribution >= 4 is 22.9 Å². The molecule has 3 aromatic rings. The van der Waals surface area contributed by atoms with Crippen molar-refractivity contribution in [3.63, 3.8) is 0 Å². The highest BCUT2D eigenvalue weighted by Crippen LogP contribution is 2.33. The van der Waals surface area contributed by atoms with Gasteiger partial charge in [0.15, 0.2) is 5.54 Å². The van der Waals surface area contributed by atoms with Gasteiger partial charge >= 0.3 is 6.03 Å². The van der Waals surface area contributed by atoms with Gasteiger partial charge in [-0.25, -0.2) is 4.79 Å². The second-order valence-corrected chi connectivity index (χ2v) is 6.40. The van der Waals surface area contributed by atoms with E-state index < -0.39 is 11.6 Å². The van der Waals surface area contributed by atoms with Gasteiger partial charge in [0.2, 0.25) is 0 Å². The van der Waals surface area contributed by atoms with Crippen LogP contribution < -0.4 is 5.32 Å². The molecule has 4 rings (SSSR count). The summed E-state index contributed by atoms with van der Waals surface area (Å²) in [5.41, 5.74) is 0.707. The molecule has 3 amide bonds. The fourth-order valence-electron chi connectivity index (χ4n) is 3.10. The quantitative estimate of drug-likeness (QED) is 0.738. The molecule has 1 aliphatic rings. The molecule has 0 spiro atoms. The number of imide groups is 1. The highest BCUT2D eigenvalue weighted by molar-refractivity contribution is 6.07. The predicted molar refractivity (Wildman–Crippen MR) is 93.8 cm³/mol. The number of nitriles is 1. The Labute approximate surface area is 149 Å². The van der Waals surface area contributed by atoms with Gasteiger partial charge in [0.05, 0.1) is 18.2 Å². The second kappa shape index (κ2) is 5.74. The van der Waals surface area contributed by atoms with E-state index in [4.69, 9.17) is 9.68 Å². The van der Waals surface area contributed by atoms with Crippen molar-refractivity contribution in [3.8, 4) is 6.07 Å². The van der Waals surface area contributed by atoms with Crippen LogP contribution in [0.4, 0.5) is 4.79 Å². The number of rotatable bonds is 3. The zero-order valence-corrected chi connectivity index (χ0v) is 14.0.